The maximum atomic E-state index is 5.48. The van der Waals surface area contributed by atoms with E-state index in [9.17, 15) is 0 Å². The Balaban J connectivity index is 0.00000144. The van der Waals surface area contributed by atoms with Gasteiger partial charge in [0.25, 0.3) is 0 Å². The van der Waals surface area contributed by atoms with Crippen LogP contribution in [-0.2, 0) is 0 Å². The van der Waals surface area contributed by atoms with Crippen LogP contribution in [0.4, 0.5) is 11.4 Å². The number of nitrogens with zero attached hydrogens (tertiary/aromatic N) is 2. The molecule has 1 aliphatic rings. The summed E-state index contributed by atoms with van der Waals surface area (Å²) in [5.41, 5.74) is 2.18. The van der Waals surface area contributed by atoms with E-state index in [0.29, 0.717) is 0 Å². The van der Waals surface area contributed by atoms with E-state index >= 15 is 0 Å². The molecule has 0 atom stereocenters. The van der Waals surface area contributed by atoms with Crippen molar-refractivity contribution in [2.45, 2.75) is 6.42 Å². The van der Waals surface area contributed by atoms with Gasteiger partial charge in [0, 0.05) is 6.42 Å². The molecule has 0 radical (unpaired) electrons. The van der Waals surface area contributed by atoms with Gasteiger partial charge in [0.05, 0.1) is 27.3 Å². The van der Waals surface area contributed by atoms with Gasteiger partial charge < -0.3 is 31.9 Å². The molecule has 0 spiro atoms. The van der Waals surface area contributed by atoms with Gasteiger partial charge >= 0.3 is 0 Å². The van der Waals surface area contributed by atoms with Gasteiger partial charge in [-0.05, 0) is 24.3 Å². The maximum absolute atomic E-state index is 5.48. The summed E-state index contributed by atoms with van der Waals surface area (Å²) in [5, 5.41) is 0. The zero-order valence-corrected chi connectivity index (χ0v) is 15.5. The number of rotatable bonds is 4. The van der Waals surface area contributed by atoms with Crippen LogP contribution in [-0.4, -0.2) is 43.7 Å². The lowest BCUT2D eigenvalue weighted by atomic mass is 10.2. The summed E-state index contributed by atoms with van der Waals surface area (Å²) >= 11 is 0. The molecule has 0 aromatic heterocycles. The smallest absolute Gasteiger partial charge is 0.244 e. The largest absolute Gasteiger partial charge is 1.00 e. The second-order valence-electron chi connectivity index (χ2n) is 5.20. The quantitative estimate of drug-likeness (QED) is 0.654. The van der Waals surface area contributed by atoms with Crippen LogP contribution in [0.2, 0.25) is 0 Å². The van der Waals surface area contributed by atoms with E-state index in [0.717, 1.165) is 42.4 Å². The highest BCUT2D eigenvalue weighted by Gasteiger charge is 2.23. The Hall–Kier alpha value is -2.05. The fraction of sp³-hybridized carbons (Fsp3) is 0.278. The van der Waals surface area contributed by atoms with Crippen molar-refractivity contribution >= 4 is 17.7 Å². The monoisotopic (exact) mass is 394 g/mol. The fourth-order valence-corrected chi connectivity index (χ4v) is 2.79. The number of ether oxygens (including phenoxy) is 2. The predicted octanol–water partition coefficient (Wildman–Crippen LogP) is -0.534. The molecule has 0 amide bonds. The number of hydrogen-bond donors (Lipinski definition) is 0. The summed E-state index contributed by atoms with van der Waals surface area (Å²) in [6.45, 7) is 1.96. The number of para-hydroxylation sites is 4. The summed E-state index contributed by atoms with van der Waals surface area (Å²) in [5.74, 6) is 1.78. The first-order valence-corrected chi connectivity index (χ1v) is 7.48. The lowest BCUT2D eigenvalue weighted by Crippen LogP contribution is -3.00. The first kappa shape index (κ1) is 20.0. The van der Waals surface area contributed by atoms with Crippen molar-refractivity contribution in [3.8, 4) is 11.5 Å². The minimum atomic E-state index is 0. The van der Waals surface area contributed by atoms with Gasteiger partial charge in [-0.1, -0.05) is 24.3 Å². The normalized spacial score (nSPS) is 13.2. The summed E-state index contributed by atoms with van der Waals surface area (Å²) in [6.07, 6.45) is 3.21. The van der Waals surface area contributed by atoms with Gasteiger partial charge in [0.1, 0.15) is 0 Å². The van der Waals surface area contributed by atoms with E-state index in [-0.39, 0.29) is 22.5 Å². The van der Waals surface area contributed by atoms with Gasteiger partial charge in [-0.2, -0.15) is 0 Å². The molecule has 2 aromatic carbocycles. The second kappa shape index (κ2) is 9.30. The van der Waals surface area contributed by atoms with Crippen molar-refractivity contribution < 1.29 is 36.5 Å². The molecule has 0 bridgehead atoms. The average molecular weight is 395 g/mol. The van der Waals surface area contributed by atoms with Crippen LogP contribution in [0.3, 0.4) is 0 Å². The molecular weight excluding hydrogens is 372 g/mol. The van der Waals surface area contributed by atoms with E-state index in [2.05, 4.69) is 27.9 Å². The van der Waals surface area contributed by atoms with Crippen molar-refractivity contribution in [1.29, 1.82) is 0 Å². The Bertz CT molecular complexity index is 691. The molecule has 24 heavy (non-hydrogen) atoms. The Morgan fingerprint density at radius 3 is 2.25 bits per heavy atom. The van der Waals surface area contributed by atoms with E-state index in [1.165, 1.54) is 0 Å². The van der Waals surface area contributed by atoms with Crippen LogP contribution in [0.15, 0.2) is 48.5 Å². The summed E-state index contributed by atoms with van der Waals surface area (Å²) in [4.78, 5) is 2.23. The summed E-state index contributed by atoms with van der Waals surface area (Å²) < 4.78 is 13.2. The number of anilines is 1. The lowest BCUT2D eigenvalue weighted by molar-refractivity contribution is -0.441. The molecule has 0 aliphatic carbocycles. The van der Waals surface area contributed by atoms with Crippen LogP contribution in [0.1, 0.15) is 6.42 Å². The average Bonchev–Trinajstić information content (AvgIpc) is 2.61. The third-order valence-corrected chi connectivity index (χ3v) is 3.87. The highest BCUT2D eigenvalue weighted by molar-refractivity contribution is 5.80. The molecule has 0 saturated carbocycles. The van der Waals surface area contributed by atoms with E-state index in [1.807, 2.05) is 36.4 Å². The highest BCUT2D eigenvalue weighted by Crippen LogP contribution is 2.30. The minimum Gasteiger partial charge on any atom is -1.00 e. The molecule has 2 aromatic rings. The Labute approximate surface area is 153 Å². The molecule has 130 valence electrons. The number of halogens is 1. The molecule has 6 heteroatoms. The van der Waals surface area contributed by atoms with Crippen molar-refractivity contribution in [3.63, 3.8) is 0 Å². The molecule has 0 fully saturated rings. The summed E-state index contributed by atoms with van der Waals surface area (Å²) in [7, 11) is 3.42. The SMILES string of the molecule is COc1ccccc1N1C=[N+](c2ccccc2OC)CCC1.O.[Br-]. The Morgan fingerprint density at radius 1 is 0.917 bits per heavy atom. The molecule has 2 N–H and O–H groups in total. The zero-order chi connectivity index (χ0) is 15.4. The van der Waals surface area contributed by atoms with Crippen molar-refractivity contribution in [2.75, 3.05) is 32.2 Å². The van der Waals surface area contributed by atoms with Gasteiger partial charge in [-0.15, -0.1) is 0 Å². The topological polar surface area (TPSA) is 56.2 Å². The lowest BCUT2D eigenvalue weighted by Gasteiger charge is -2.22. The van der Waals surface area contributed by atoms with E-state index < -0.39 is 0 Å². The van der Waals surface area contributed by atoms with Crippen molar-refractivity contribution in [2.24, 2.45) is 0 Å². The number of methoxy groups -OCH3 is 2. The summed E-state index contributed by atoms with van der Waals surface area (Å²) in [6, 6.07) is 16.2. The van der Waals surface area contributed by atoms with Gasteiger partial charge in [0.15, 0.2) is 22.9 Å². The third kappa shape index (κ3) is 4.07. The van der Waals surface area contributed by atoms with Crippen LogP contribution >= 0.6 is 0 Å². The van der Waals surface area contributed by atoms with Crippen LogP contribution in [0.5, 0.6) is 11.5 Å². The Morgan fingerprint density at radius 2 is 1.54 bits per heavy atom. The van der Waals surface area contributed by atoms with E-state index in [4.69, 9.17) is 9.47 Å². The maximum Gasteiger partial charge on any atom is 0.244 e. The molecule has 1 aliphatic heterocycles. The molecule has 5 nitrogen and oxygen atoms in total. The molecule has 1 heterocycles. The second-order valence-corrected chi connectivity index (χ2v) is 5.20. The van der Waals surface area contributed by atoms with Gasteiger partial charge in [-0.25, -0.2) is 9.48 Å². The third-order valence-electron chi connectivity index (χ3n) is 3.87. The van der Waals surface area contributed by atoms with Crippen LogP contribution < -0.4 is 31.4 Å². The first-order chi connectivity index (χ1) is 10.8. The minimum absolute atomic E-state index is 0. The fourth-order valence-electron chi connectivity index (χ4n) is 2.79. The molecule has 0 saturated heterocycles. The van der Waals surface area contributed by atoms with Crippen molar-refractivity contribution in [3.05, 3.63) is 48.5 Å². The highest BCUT2D eigenvalue weighted by atomic mass is 79.9. The van der Waals surface area contributed by atoms with Gasteiger partial charge in [-0.3, -0.25) is 0 Å². The van der Waals surface area contributed by atoms with Crippen LogP contribution in [0.25, 0.3) is 0 Å². The van der Waals surface area contributed by atoms with Crippen molar-refractivity contribution in [1.82, 2.24) is 0 Å². The van der Waals surface area contributed by atoms with E-state index in [1.54, 1.807) is 14.2 Å². The molecular formula is C18H23BrN2O3. The molecule has 3 rings (SSSR count). The van der Waals surface area contributed by atoms with Gasteiger partial charge in [0.2, 0.25) is 6.34 Å². The standard InChI is InChI=1S/C18H21N2O2.BrH.H2O/c1-21-17-10-5-3-8-15(17)19-12-7-13-20(14-19)16-9-4-6-11-18(16)22-2;;/h3-6,8-11,14H,7,12-13H2,1-2H3;1H;1H2/q+1;;/p-1. The number of hydrogen-bond acceptors (Lipinski definition) is 3. The molecule has 0 unspecified atom stereocenters. The predicted molar refractivity (Wildman–Crippen MR) is 92.4 cm³/mol. The first-order valence-electron chi connectivity index (χ1n) is 7.48. The Kier molecular flexibility index (Phi) is 7.74. The van der Waals surface area contributed by atoms with Crippen LogP contribution in [0, 0.1) is 0 Å². The zero-order valence-electron chi connectivity index (χ0n) is 13.9. The number of benzene rings is 2.